The molecule has 3 aromatic rings. The molecule has 3 aromatic carbocycles. The molecule has 2 atom stereocenters. The topological polar surface area (TPSA) is 46.6 Å². The molecule has 7 rings (SSSR count). The van der Waals surface area contributed by atoms with Gasteiger partial charge >= 0.3 is 0 Å². The minimum atomic E-state index is -0.531. The van der Waals surface area contributed by atoms with Gasteiger partial charge in [0, 0.05) is 11.3 Å². The van der Waals surface area contributed by atoms with E-state index < -0.39 is 11.3 Å². The van der Waals surface area contributed by atoms with E-state index in [1.54, 1.807) is 0 Å². The third-order valence-corrected chi connectivity index (χ3v) is 8.15. The van der Waals surface area contributed by atoms with Crippen molar-refractivity contribution in [1.82, 2.24) is 0 Å². The van der Waals surface area contributed by atoms with E-state index in [1.165, 1.54) is 27.2 Å². The lowest BCUT2D eigenvalue weighted by Gasteiger charge is -2.52. The maximum Gasteiger partial charge on any atom is 0.238 e. The SMILES string of the molecule is CCCCCOc1ccc(N2C(=O)[C@@H]3[C@@H](C2=O)C2c4ccccc4C3(C)c3ccccc32)cc1. The number of hydrogen-bond acceptors (Lipinski definition) is 3. The summed E-state index contributed by atoms with van der Waals surface area (Å²) in [6, 6.07) is 24.1. The molecule has 0 saturated carbocycles. The lowest BCUT2D eigenvalue weighted by Crippen LogP contribution is -2.51. The summed E-state index contributed by atoms with van der Waals surface area (Å²) in [5, 5.41) is 0. The van der Waals surface area contributed by atoms with Gasteiger partial charge in [0.05, 0.1) is 24.1 Å². The van der Waals surface area contributed by atoms with Crippen molar-refractivity contribution in [1.29, 1.82) is 0 Å². The summed E-state index contributed by atoms with van der Waals surface area (Å²) in [7, 11) is 0. The first-order valence-electron chi connectivity index (χ1n) is 12.4. The second kappa shape index (κ2) is 7.83. The smallest absolute Gasteiger partial charge is 0.238 e. The second-order valence-electron chi connectivity index (χ2n) is 9.92. The zero-order chi connectivity index (χ0) is 23.4. The van der Waals surface area contributed by atoms with Crippen LogP contribution in [0.25, 0.3) is 0 Å². The van der Waals surface area contributed by atoms with Gasteiger partial charge in [0.1, 0.15) is 5.75 Å². The van der Waals surface area contributed by atoms with Gasteiger partial charge in [0.15, 0.2) is 0 Å². The van der Waals surface area contributed by atoms with E-state index in [-0.39, 0.29) is 23.7 Å². The standard InChI is InChI=1S/C30H29NO3/c1-3-4-9-18-34-20-16-14-19(15-17-20)31-28(32)26-25-21-10-5-7-12-23(21)30(2,27(26)29(31)33)24-13-8-6-11-22(24)25/h5-8,10-17,25-27H,3-4,9,18H2,1-2H3/t25?,26-,27-,30?/m0/s1. The van der Waals surface area contributed by atoms with Gasteiger partial charge in [-0.15, -0.1) is 0 Å². The minimum absolute atomic E-state index is 0.0909. The molecule has 0 spiro atoms. The molecular weight excluding hydrogens is 422 g/mol. The Morgan fingerprint density at radius 3 is 2.06 bits per heavy atom. The molecule has 4 nitrogen and oxygen atoms in total. The van der Waals surface area contributed by atoms with Gasteiger partial charge in [0.25, 0.3) is 0 Å². The predicted octanol–water partition coefficient (Wildman–Crippen LogP) is 5.83. The summed E-state index contributed by atoms with van der Waals surface area (Å²) >= 11 is 0. The van der Waals surface area contributed by atoms with Crippen molar-refractivity contribution in [3.63, 3.8) is 0 Å². The van der Waals surface area contributed by atoms with E-state index in [1.807, 2.05) is 48.5 Å². The number of nitrogens with zero attached hydrogens (tertiary/aromatic N) is 1. The zero-order valence-electron chi connectivity index (χ0n) is 19.7. The van der Waals surface area contributed by atoms with E-state index in [0.29, 0.717) is 12.3 Å². The van der Waals surface area contributed by atoms with Crippen LogP contribution in [0, 0.1) is 11.8 Å². The van der Waals surface area contributed by atoms with Crippen molar-refractivity contribution < 1.29 is 14.3 Å². The van der Waals surface area contributed by atoms with Crippen molar-refractivity contribution >= 4 is 17.5 Å². The van der Waals surface area contributed by atoms with Crippen LogP contribution in [0.15, 0.2) is 72.8 Å². The van der Waals surface area contributed by atoms with Crippen molar-refractivity contribution in [2.45, 2.75) is 44.4 Å². The van der Waals surface area contributed by atoms with Gasteiger partial charge in [-0.1, -0.05) is 75.2 Å². The molecular formula is C30H29NO3. The van der Waals surface area contributed by atoms with E-state index >= 15 is 0 Å². The van der Waals surface area contributed by atoms with Crippen LogP contribution in [-0.2, 0) is 15.0 Å². The van der Waals surface area contributed by atoms with Crippen LogP contribution in [0.5, 0.6) is 5.75 Å². The second-order valence-corrected chi connectivity index (χ2v) is 9.92. The van der Waals surface area contributed by atoms with E-state index in [9.17, 15) is 9.59 Å². The fraction of sp³-hybridized carbons (Fsp3) is 0.333. The number of amides is 2. The molecule has 3 aliphatic carbocycles. The number of imide groups is 1. The highest BCUT2D eigenvalue weighted by Crippen LogP contribution is 2.64. The molecule has 1 heterocycles. The van der Waals surface area contributed by atoms with Crippen LogP contribution in [-0.4, -0.2) is 18.4 Å². The van der Waals surface area contributed by atoms with Gasteiger partial charge < -0.3 is 4.74 Å². The fourth-order valence-corrected chi connectivity index (χ4v) is 6.64. The average molecular weight is 452 g/mol. The Hall–Kier alpha value is -3.40. The average Bonchev–Trinajstić information content (AvgIpc) is 3.14. The molecule has 4 heteroatoms. The third-order valence-electron chi connectivity index (χ3n) is 8.15. The normalized spacial score (nSPS) is 26.3. The van der Waals surface area contributed by atoms with Crippen LogP contribution in [0.3, 0.4) is 0 Å². The van der Waals surface area contributed by atoms with Crippen LogP contribution < -0.4 is 9.64 Å². The first-order chi connectivity index (χ1) is 16.6. The van der Waals surface area contributed by atoms with Crippen LogP contribution in [0.4, 0.5) is 5.69 Å². The van der Waals surface area contributed by atoms with Crippen LogP contribution in [0.1, 0.15) is 61.3 Å². The van der Waals surface area contributed by atoms with Crippen molar-refractivity contribution in [2.75, 3.05) is 11.5 Å². The molecule has 0 N–H and O–H groups in total. The van der Waals surface area contributed by atoms with Crippen molar-refractivity contribution in [3.8, 4) is 5.75 Å². The Morgan fingerprint density at radius 1 is 0.824 bits per heavy atom. The zero-order valence-corrected chi connectivity index (χ0v) is 19.7. The summed E-state index contributed by atoms with van der Waals surface area (Å²) in [6.07, 6.45) is 3.31. The van der Waals surface area contributed by atoms with Crippen LogP contribution in [0.2, 0.25) is 0 Å². The number of unbranched alkanes of at least 4 members (excludes halogenated alkanes) is 2. The summed E-state index contributed by atoms with van der Waals surface area (Å²) in [6.45, 7) is 5.00. The van der Waals surface area contributed by atoms with Gasteiger partial charge in [0.2, 0.25) is 11.8 Å². The van der Waals surface area contributed by atoms with Gasteiger partial charge in [-0.3, -0.25) is 9.59 Å². The molecule has 34 heavy (non-hydrogen) atoms. The summed E-state index contributed by atoms with van der Waals surface area (Å²) in [5.74, 6) is -0.299. The number of carbonyl (C=O) groups is 2. The molecule has 1 aliphatic heterocycles. The van der Waals surface area contributed by atoms with Gasteiger partial charge in [-0.2, -0.15) is 0 Å². The molecule has 0 radical (unpaired) electrons. The molecule has 1 saturated heterocycles. The molecule has 4 aliphatic rings. The number of carbonyl (C=O) groups excluding carboxylic acids is 2. The lowest BCUT2D eigenvalue weighted by molar-refractivity contribution is -0.123. The Morgan fingerprint density at radius 2 is 1.44 bits per heavy atom. The number of benzene rings is 3. The summed E-state index contributed by atoms with van der Waals surface area (Å²) in [4.78, 5) is 29.3. The molecule has 0 aromatic heterocycles. The quantitative estimate of drug-likeness (QED) is 0.350. The minimum Gasteiger partial charge on any atom is -0.494 e. The molecule has 2 bridgehead atoms. The highest BCUT2D eigenvalue weighted by atomic mass is 16.5. The maximum absolute atomic E-state index is 14.0. The number of rotatable bonds is 6. The molecule has 1 fully saturated rings. The number of anilines is 1. The molecule has 172 valence electrons. The number of hydrogen-bond donors (Lipinski definition) is 0. The van der Waals surface area contributed by atoms with Gasteiger partial charge in [-0.05, 0) is 52.9 Å². The summed E-state index contributed by atoms with van der Waals surface area (Å²) < 4.78 is 5.83. The Balaban J connectivity index is 1.38. The van der Waals surface area contributed by atoms with E-state index in [4.69, 9.17) is 4.74 Å². The van der Waals surface area contributed by atoms with Gasteiger partial charge in [-0.25, -0.2) is 4.90 Å². The summed E-state index contributed by atoms with van der Waals surface area (Å²) in [5.41, 5.74) is 4.82. The predicted molar refractivity (Wildman–Crippen MR) is 132 cm³/mol. The van der Waals surface area contributed by atoms with Crippen LogP contribution >= 0.6 is 0 Å². The maximum atomic E-state index is 14.0. The van der Waals surface area contributed by atoms with Crippen molar-refractivity contribution in [3.05, 3.63) is 95.1 Å². The lowest BCUT2D eigenvalue weighted by atomic mass is 9.48. The Kier molecular flexibility index (Phi) is 4.87. The molecule has 2 amide bonds. The highest BCUT2D eigenvalue weighted by Gasteiger charge is 2.66. The molecule has 0 unspecified atom stereocenters. The Labute approximate surface area is 200 Å². The largest absolute Gasteiger partial charge is 0.494 e. The first kappa shape index (κ1) is 21.2. The third kappa shape index (κ3) is 2.78. The first-order valence-corrected chi connectivity index (χ1v) is 12.4. The Bertz CT molecular complexity index is 1230. The van der Waals surface area contributed by atoms with E-state index in [2.05, 4.69) is 38.1 Å². The number of ether oxygens (including phenoxy) is 1. The monoisotopic (exact) mass is 451 g/mol. The van der Waals surface area contributed by atoms with E-state index in [0.717, 1.165) is 25.0 Å². The highest BCUT2D eigenvalue weighted by molar-refractivity contribution is 6.23. The van der Waals surface area contributed by atoms with Crippen molar-refractivity contribution in [2.24, 2.45) is 11.8 Å². The fourth-order valence-electron chi connectivity index (χ4n) is 6.64.